The predicted molar refractivity (Wildman–Crippen MR) is 137 cm³/mol. The molecule has 2 aromatic rings. The van der Waals surface area contributed by atoms with Crippen LogP contribution in [0.4, 0.5) is 5.69 Å². The van der Waals surface area contributed by atoms with E-state index in [9.17, 15) is 18.0 Å². The fourth-order valence-electron chi connectivity index (χ4n) is 4.30. The zero-order chi connectivity index (χ0) is 25.6. The number of rotatable bonds is 10. The summed E-state index contributed by atoms with van der Waals surface area (Å²) in [6.45, 7) is 3.39. The van der Waals surface area contributed by atoms with Crippen LogP contribution in [0, 0.1) is 6.92 Å². The lowest BCUT2D eigenvalue weighted by atomic mass is 10.1. The number of aryl methyl sites for hydroxylation is 1. The lowest BCUT2D eigenvalue weighted by molar-refractivity contribution is -0.139. The number of benzene rings is 2. The van der Waals surface area contributed by atoms with E-state index in [0.29, 0.717) is 5.75 Å². The predicted octanol–water partition coefficient (Wildman–Crippen LogP) is 3.25. The van der Waals surface area contributed by atoms with E-state index in [1.165, 1.54) is 12.0 Å². The number of nitrogens with zero attached hydrogens (tertiary/aromatic N) is 2. The molecule has 0 saturated heterocycles. The molecule has 1 atom stereocenters. The molecule has 8 nitrogen and oxygen atoms in total. The lowest BCUT2D eigenvalue weighted by Gasteiger charge is -2.32. The maximum atomic E-state index is 13.6. The Labute approximate surface area is 208 Å². The first kappa shape index (κ1) is 26.5. The highest BCUT2D eigenvalue weighted by Gasteiger charge is 2.32. The highest BCUT2D eigenvalue weighted by Crippen LogP contribution is 2.29. The van der Waals surface area contributed by atoms with Crippen LogP contribution in [0.15, 0.2) is 48.5 Å². The number of carbonyl (C=O) groups excluding carboxylic acids is 2. The lowest BCUT2D eigenvalue weighted by Crippen LogP contribution is -2.52. The van der Waals surface area contributed by atoms with Gasteiger partial charge in [-0.3, -0.25) is 13.9 Å². The SMILES string of the molecule is COc1ccccc1N(CC(=O)N(Cc1ccc(C)cc1)[C@H](C)C(=O)NC1CCCC1)S(C)(=O)=O. The zero-order valence-electron chi connectivity index (χ0n) is 20.9. The molecule has 190 valence electrons. The number of amides is 2. The van der Waals surface area contributed by atoms with Gasteiger partial charge in [-0.1, -0.05) is 54.8 Å². The van der Waals surface area contributed by atoms with Crippen molar-refractivity contribution < 1.29 is 22.7 Å². The molecular weight excluding hydrogens is 466 g/mol. The number of hydrogen-bond donors (Lipinski definition) is 1. The van der Waals surface area contributed by atoms with Crippen LogP contribution in [0.3, 0.4) is 0 Å². The topological polar surface area (TPSA) is 96.0 Å². The molecule has 35 heavy (non-hydrogen) atoms. The van der Waals surface area contributed by atoms with Crippen molar-refractivity contribution in [3.05, 3.63) is 59.7 Å². The molecule has 0 radical (unpaired) electrons. The summed E-state index contributed by atoms with van der Waals surface area (Å²) >= 11 is 0. The van der Waals surface area contributed by atoms with Gasteiger partial charge in [-0.25, -0.2) is 8.42 Å². The number of sulfonamides is 1. The van der Waals surface area contributed by atoms with Crippen LogP contribution in [-0.4, -0.2) is 57.1 Å². The van der Waals surface area contributed by atoms with Crippen molar-refractivity contribution in [2.24, 2.45) is 0 Å². The Morgan fingerprint density at radius 2 is 1.71 bits per heavy atom. The third kappa shape index (κ3) is 6.97. The molecule has 0 spiro atoms. The summed E-state index contributed by atoms with van der Waals surface area (Å²) in [6.07, 6.45) is 5.06. The second kappa shape index (κ2) is 11.6. The fourth-order valence-corrected chi connectivity index (χ4v) is 5.15. The second-order valence-corrected chi connectivity index (χ2v) is 11.0. The average Bonchev–Trinajstić information content (AvgIpc) is 3.34. The number of hydrogen-bond acceptors (Lipinski definition) is 5. The molecule has 1 N–H and O–H groups in total. The molecule has 0 aromatic heterocycles. The Kier molecular flexibility index (Phi) is 8.77. The van der Waals surface area contributed by atoms with E-state index in [1.54, 1.807) is 31.2 Å². The minimum Gasteiger partial charge on any atom is -0.495 e. The Bertz CT molecular complexity index is 1130. The van der Waals surface area contributed by atoms with Gasteiger partial charge < -0.3 is 15.0 Å². The first-order valence-electron chi connectivity index (χ1n) is 11.9. The monoisotopic (exact) mass is 501 g/mol. The Morgan fingerprint density at radius 3 is 2.31 bits per heavy atom. The smallest absolute Gasteiger partial charge is 0.244 e. The van der Waals surface area contributed by atoms with Gasteiger partial charge in [0, 0.05) is 12.6 Å². The van der Waals surface area contributed by atoms with Gasteiger partial charge in [-0.15, -0.1) is 0 Å². The summed E-state index contributed by atoms with van der Waals surface area (Å²) in [4.78, 5) is 28.2. The number of methoxy groups -OCH3 is 1. The molecule has 0 heterocycles. The summed E-state index contributed by atoms with van der Waals surface area (Å²) < 4.78 is 31.8. The van der Waals surface area contributed by atoms with E-state index >= 15 is 0 Å². The van der Waals surface area contributed by atoms with E-state index < -0.39 is 28.5 Å². The molecule has 0 unspecified atom stereocenters. The van der Waals surface area contributed by atoms with Crippen LogP contribution in [0.1, 0.15) is 43.7 Å². The highest BCUT2D eigenvalue weighted by molar-refractivity contribution is 7.92. The quantitative estimate of drug-likeness (QED) is 0.539. The van der Waals surface area contributed by atoms with Gasteiger partial charge in [0.1, 0.15) is 18.3 Å². The minimum absolute atomic E-state index is 0.113. The second-order valence-electron chi connectivity index (χ2n) is 9.11. The van der Waals surface area contributed by atoms with Gasteiger partial charge in [0.25, 0.3) is 0 Å². The van der Waals surface area contributed by atoms with Crippen molar-refractivity contribution in [2.75, 3.05) is 24.2 Å². The Balaban J connectivity index is 1.89. The highest BCUT2D eigenvalue weighted by atomic mass is 32.2. The van der Waals surface area contributed by atoms with E-state index in [1.807, 2.05) is 31.2 Å². The van der Waals surface area contributed by atoms with Crippen LogP contribution in [-0.2, 0) is 26.2 Å². The fraction of sp³-hybridized carbons (Fsp3) is 0.462. The first-order valence-corrected chi connectivity index (χ1v) is 13.7. The molecule has 0 aliphatic heterocycles. The van der Waals surface area contributed by atoms with Crippen LogP contribution >= 0.6 is 0 Å². The van der Waals surface area contributed by atoms with Crippen molar-refractivity contribution in [1.82, 2.24) is 10.2 Å². The Hall–Kier alpha value is -3.07. The number of para-hydroxylation sites is 2. The molecule has 1 aliphatic carbocycles. The van der Waals surface area contributed by atoms with Crippen LogP contribution < -0.4 is 14.4 Å². The van der Waals surface area contributed by atoms with Crippen LogP contribution in [0.25, 0.3) is 0 Å². The average molecular weight is 502 g/mol. The molecule has 3 rings (SSSR count). The van der Waals surface area contributed by atoms with Crippen molar-refractivity contribution in [3.63, 3.8) is 0 Å². The van der Waals surface area contributed by atoms with Gasteiger partial charge >= 0.3 is 0 Å². The molecule has 2 aromatic carbocycles. The number of anilines is 1. The van der Waals surface area contributed by atoms with Crippen molar-refractivity contribution in [3.8, 4) is 5.75 Å². The third-order valence-corrected chi connectivity index (χ3v) is 7.50. The number of nitrogens with one attached hydrogen (secondary N) is 1. The summed E-state index contributed by atoms with van der Waals surface area (Å²) in [5.41, 5.74) is 2.20. The number of carbonyl (C=O) groups is 2. The summed E-state index contributed by atoms with van der Waals surface area (Å²) in [7, 11) is -2.37. The van der Waals surface area contributed by atoms with Gasteiger partial charge in [0.2, 0.25) is 21.8 Å². The molecule has 1 aliphatic rings. The van der Waals surface area contributed by atoms with Gasteiger partial charge in [-0.2, -0.15) is 0 Å². The standard InChI is InChI=1S/C26H35N3O5S/c1-19-13-15-21(16-14-19)17-28(20(2)26(31)27-22-9-5-6-10-22)25(30)18-29(35(4,32)33)23-11-7-8-12-24(23)34-3/h7-8,11-16,20,22H,5-6,9-10,17-18H2,1-4H3,(H,27,31)/t20-/m1/s1. The van der Waals surface area contributed by atoms with E-state index in [2.05, 4.69) is 5.32 Å². The Morgan fingerprint density at radius 1 is 1.09 bits per heavy atom. The maximum absolute atomic E-state index is 13.6. The summed E-state index contributed by atoms with van der Waals surface area (Å²) in [5.74, 6) is -0.376. The summed E-state index contributed by atoms with van der Waals surface area (Å²) in [6, 6.07) is 13.7. The zero-order valence-corrected chi connectivity index (χ0v) is 21.7. The molecule has 0 bridgehead atoms. The number of ether oxygens (including phenoxy) is 1. The van der Waals surface area contributed by atoms with Crippen LogP contribution in [0.5, 0.6) is 5.75 Å². The van der Waals surface area contributed by atoms with E-state index in [4.69, 9.17) is 4.74 Å². The first-order chi connectivity index (χ1) is 16.6. The van der Waals surface area contributed by atoms with Crippen LogP contribution in [0.2, 0.25) is 0 Å². The molecule has 9 heteroatoms. The van der Waals surface area contributed by atoms with Gasteiger partial charge in [0.05, 0.1) is 19.1 Å². The molecule has 1 saturated carbocycles. The van der Waals surface area contributed by atoms with Gasteiger partial charge in [-0.05, 0) is 44.4 Å². The largest absolute Gasteiger partial charge is 0.495 e. The molecule has 1 fully saturated rings. The van der Waals surface area contributed by atoms with Crippen molar-refractivity contribution in [2.45, 2.75) is 58.2 Å². The molecule has 2 amide bonds. The van der Waals surface area contributed by atoms with Gasteiger partial charge in [0.15, 0.2) is 0 Å². The normalized spacial score (nSPS) is 14.9. The van der Waals surface area contributed by atoms with E-state index in [0.717, 1.165) is 47.4 Å². The maximum Gasteiger partial charge on any atom is 0.244 e. The molecular formula is C26H35N3O5S. The summed E-state index contributed by atoms with van der Waals surface area (Å²) in [5, 5.41) is 3.06. The van der Waals surface area contributed by atoms with Crippen molar-refractivity contribution >= 4 is 27.5 Å². The van der Waals surface area contributed by atoms with Crippen molar-refractivity contribution in [1.29, 1.82) is 0 Å². The minimum atomic E-state index is -3.82. The third-order valence-electron chi connectivity index (χ3n) is 6.38. The van der Waals surface area contributed by atoms with E-state index in [-0.39, 0.29) is 24.2 Å².